The van der Waals surface area contributed by atoms with E-state index in [0.717, 1.165) is 12.1 Å². The van der Waals surface area contributed by atoms with Crippen molar-refractivity contribution in [1.82, 2.24) is 15.1 Å². The van der Waals surface area contributed by atoms with E-state index < -0.39 is 5.28 Å². The van der Waals surface area contributed by atoms with Crippen molar-refractivity contribution in [2.24, 2.45) is 0 Å². The van der Waals surface area contributed by atoms with Crippen LogP contribution in [0.3, 0.4) is 0 Å². The van der Waals surface area contributed by atoms with Gasteiger partial charge in [-0.15, -0.1) is 0 Å². The van der Waals surface area contributed by atoms with E-state index in [9.17, 15) is 9.59 Å². The maximum Gasteiger partial charge on any atom is 0.325 e. The van der Waals surface area contributed by atoms with Crippen LogP contribution in [0.5, 0.6) is 0 Å². The lowest BCUT2D eigenvalue weighted by Crippen LogP contribution is -2.40. The van der Waals surface area contributed by atoms with Gasteiger partial charge in [-0.25, -0.2) is 4.79 Å². The van der Waals surface area contributed by atoms with Gasteiger partial charge in [0.25, 0.3) is 5.91 Å². The van der Waals surface area contributed by atoms with Crippen LogP contribution in [0.4, 0.5) is 4.79 Å². The van der Waals surface area contributed by atoms with Crippen molar-refractivity contribution >= 4 is 26.4 Å². The van der Waals surface area contributed by atoms with Crippen molar-refractivity contribution in [3.8, 4) is 0 Å². The fourth-order valence-corrected chi connectivity index (χ4v) is 3.03. The molecule has 1 aromatic rings. The van der Waals surface area contributed by atoms with E-state index in [2.05, 4.69) is 16.5 Å². The predicted molar refractivity (Wildman–Crippen MR) is 85.6 cm³/mol. The number of urea groups is 1. The minimum Gasteiger partial charge on any atom is -0.312 e. The summed E-state index contributed by atoms with van der Waals surface area (Å²) in [7, 11) is 2.52. The average Bonchev–Trinajstić information content (AvgIpc) is 2.77. The van der Waals surface area contributed by atoms with Gasteiger partial charge in [0.1, 0.15) is 0 Å². The second-order valence-electron chi connectivity index (χ2n) is 5.02. The molecule has 0 aliphatic carbocycles. The Morgan fingerprint density at radius 1 is 1.33 bits per heavy atom. The number of carbonyl (C=O) groups is 2. The van der Waals surface area contributed by atoms with Crippen LogP contribution in [0, 0.1) is 0 Å². The Morgan fingerprint density at radius 3 is 2.57 bits per heavy atom. The van der Waals surface area contributed by atoms with Gasteiger partial charge in [0, 0.05) is 13.1 Å². The molecule has 1 fully saturated rings. The molecule has 3 amide bonds. The normalized spacial score (nSPS) is 22.1. The summed E-state index contributed by atoms with van der Waals surface area (Å²) < 4.78 is 0. The Labute approximate surface area is 126 Å². The first-order chi connectivity index (χ1) is 10.0. The summed E-state index contributed by atoms with van der Waals surface area (Å²) >= 11 is 0. The third-order valence-corrected chi connectivity index (χ3v) is 4.80. The maximum absolute atomic E-state index is 12.7. The number of benzene rings is 1. The monoisotopic (exact) mass is 305 g/mol. The first kappa shape index (κ1) is 15.7. The number of nitrogens with one attached hydrogen (secondary N) is 1. The number of amides is 3. The number of rotatable bonds is 6. The van der Waals surface area contributed by atoms with Crippen LogP contribution in [0.1, 0.15) is 12.5 Å². The lowest BCUT2D eigenvalue weighted by atomic mass is 10.1. The Hall–Kier alpha value is -1.71. The van der Waals surface area contributed by atoms with Crippen LogP contribution in [0.2, 0.25) is 0 Å². The lowest BCUT2D eigenvalue weighted by Gasteiger charge is -2.23. The molecule has 0 radical (unpaired) electrons. The standard InChI is InChI=1S/C15H20N3O2P/c1-4-17(2)10-11-18-13(19)15(21-3,16-14(18)20)12-8-6-5-7-9-12/h5-9H,3-4,10-11H2,1-2H3,(H,16,20). The molecule has 1 atom stereocenters. The molecular formula is C15H20N3O2P. The quantitative estimate of drug-likeness (QED) is 0.643. The fourth-order valence-electron chi connectivity index (χ4n) is 2.27. The van der Waals surface area contributed by atoms with Crippen LogP contribution in [-0.4, -0.2) is 54.7 Å². The average molecular weight is 305 g/mol. The van der Waals surface area contributed by atoms with Crippen molar-refractivity contribution in [2.75, 3.05) is 26.7 Å². The molecule has 1 aliphatic rings. The van der Waals surface area contributed by atoms with Crippen LogP contribution in [-0.2, 0) is 10.1 Å². The third kappa shape index (κ3) is 2.85. The molecule has 1 heterocycles. The smallest absolute Gasteiger partial charge is 0.312 e. The molecule has 2 rings (SSSR count). The molecule has 1 saturated heterocycles. The Balaban J connectivity index is 2.25. The van der Waals surface area contributed by atoms with E-state index in [4.69, 9.17) is 0 Å². The van der Waals surface area contributed by atoms with Crippen LogP contribution in [0.15, 0.2) is 30.3 Å². The molecular weight excluding hydrogens is 285 g/mol. The maximum atomic E-state index is 12.7. The van der Waals surface area contributed by atoms with Crippen LogP contribution in [0.25, 0.3) is 0 Å². The van der Waals surface area contributed by atoms with Crippen LogP contribution < -0.4 is 5.32 Å². The highest BCUT2D eigenvalue weighted by Gasteiger charge is 2.50. The summed E-state index contributed by atoms with van der Waals surface area (Å²) in [6.45, 7) is 3.96. The highest BCUT2D eigenvalue weighted by molar-refractivity contribution is 7.39. The van der Waals surface area contributed by atoms with Gasteiger partial charge in [0.2, 0.25) is 0 Å². The molecule has 1 aromatic carbocycles. The summed E-state index contributed by atoms with van der Waals surface area (Å²) in [6.07, 6.45) is 3.85. The second-order valence-corrected chi connectivity index (χ2v) is 6.00. The fraction of sp³-hybridized carbons (Fsp3) is 0.400. The first-order valence-corrected chi connectivity index (χ1v) is 7.99. The van der Waals surface area contributed by atoms with E-state index in [-0.39, 0.29) is 11.9 Å². The Bertz CT molecular complexity index is 549. The van der Waals surface area contributed by atoms with Gasteiger partial charge in [-0.3, -0.25) is 9.69 Å². The van der Waals surface area contributed by atoms with Crippen molar-refractivity contribution in [3.63, 3.8) is 0 Å². The number of likely N-dealkylation sites (N-methyl/N-ethyl adjacent to an activating group) is 1. The summed E-state index contributed by atoms with van der Waals surface area (Å²) in [5, 5.41) is 1.77. The SMILES string of the molecule is C=PC1(c2ccccc2)NC(=O)N(CCN(C)CC)C1=O. The predicted octanol–water partition coefficient (Wildman–Crippen LogP) is 1.72. The lowest BCUT2D eigenvalue weighted by molar-refractivity contribution is -0.128. The number of hydrogen-bond acceptors (Lipinski definition) is 3. The van der Waals surface area contributed by atoms with E-state index >= 15 is 0 Å². The molecule has 1 N–H and O–H groups in total. The Morgan fingerprint density at radius 2 is 2.00 bits per heavy atom. The van der Waals surface area contributed by atoms with E-state index in [0.29, 0.717) is 21.3 Å². The molecule has 1 unspecified atom stereocenters. The molecule has 0 spiro atoms. The minimum absolute atomic E-state index is 0.222. The van der Waals surface area contributed by atoms with Crippen molar-refractivity contribution in [1.29, 1.82) is 0 Å². The van der Waals surface area contributed by atoms with E-state index in [1.54, 1.807) is 0 Å². The van der Waals surface area contributed by atoms with Gasteiger partial charge in [-0.05, 0) is 19.2 Å². The number of nitrogens with zero attached hydrogens (tertiary/aromatic N) is 2. The molecule has 6 heteroatoms. The largest absolute Gasteiger partial charge is 0.325 e. The topological polar surface area (TPSA) is 52.7 Å². The van der Waals surface area contributed by atoms with Crippen molar-refractivity contribution in [3.05, 3.63) is 35.9 Å². The summed E-state index contributed by atoms with van der Waals surface area (Å²) in [5.41, 5.74) is 0.770. The zero-order valence-corrected chi connectivity index (χ0v) is 13.3. The summed E-state index contributed by atoms with van der Waals surface area (Å²) in [4.78, 5) is 28.3. The van der Waals surface area contributed by atoms with Gasteiger partial charge in [0.15, 0.2) is 5.28 Å². The zero-order valence-electron chi connectivity index (χ0n) is 12.4. The number of hydrogen-bond donors (Lipinski definition) is 1. The zero-order chi connectivity index (χ0) is 15.5. The molecule has 112 valence electrons. The summed E-state index contributed by atoms with van der Waals surface area (Å²) in [5.74, 6) is -0.222. The number of imide groups is 1. The molecule has 5 nitrogen and oxygen atoms in total. The summed E-state index contributed by atoms with van der Waals surface area (Å²) in [6, 6.07) is 8.94. The highest BCUT2D eigenvalue weighted by atomic mass is 31.1. The molecule has 0 aromatic heterocycles. The van der Waals surface area contributed by atoms with Crippen molar-refractivity contribution < 1.29 is 9.59 Å². The van der Waals surface area contributed by atoms with Gasteiger partial charge in [-0.2, -0.15) is 0 Å². The molecule has 0 bridgehead atoms. The molecule has 21 heavy (non-hydrogen) atoms. The van der Waals surface area contributed by atoms with E-state index in [1.807, 2.05) is 44.3 Å². The Kier molecular flexibility index (Phi) is 4.76. The number of carbonyl (C=O) groups excluding carboxylic acids is 2. The van der Waals surface area contributed by atoms with Crippen LogP contribution >= 0.6 is 8.20 Å². The highest BCUT2D eigenvalue weighted by Crippen LogP contribution is 2.38. The van der Waals surface area contributed by atoms with Crippen molar-refractivity contribution in [2.45, 2.75) is 12.2 Å². The minimum atomic E-state index is -1.05. The third-order valence-electron chi connectivity index (χ3n) is 3.76. The molecule has 0 saturated carbocycles. The second kappa shape index (κ2) is 6.37. The first-order valence-electron chi connectivity index (χ1n) is 6.91. The molecule has 1 aliphatic heterocycles. The van der Waals surface area contributed by atoms with E-state index in [1.165, 1.54) is 4.90 Å². The van der Waals surface area contributed by atoms with Gasteiger partial charge in [-0.1, -0.05) is 51.8 Å². The van der Waals surface area contributed by atoms with Gasteiger partial charge in [0.05, 0.1) is 0 Å². The van der Waals surface area contributed by atoms with Gasteiger partial charge < -0.3 is 10.2 Å². The van der Waals surface area contributed by atoms with Gasteiger partial charge >= 0.3 is 6.03 Å².